The molecule has 0 aliphatic carbocycles. The van der Waals surface area contributed by atoms with Crippen LogP contribution in [0.3, 0.4) is 0 Å². The van der Waals surface area contributed by atoms with Crippen LogP contribution in [0.4, 0.5) is 0 Å². The van der Waals surface area contributed by atoms with Gasteiger partial charge in [0.25, 0.3) is 5.91 Å². The average Bonchev–Trinajstić information content (AvgIpc) is 3.18. The summed E-state index contributed by atoms with van der Waals surface area (Å²) >= 11 is 1.53. The van der Waals surface area contributed by atoms with Crippen molar-refractivity contribution < 1.29 is 13.9 Å². The van der Waals surface area contributed by atoms with Crippen molar-refractivity contribution in [2.45, 2.75) is 19.9 Å². The molecule has 3 aromatic rings. The lowest BCUT2D eigenvalue weighted by Crippen LogP contribution is -2.43. The van der Waals surface area contributed by atoms with E-state index < -0.39 is 0 Å². The number of hydrogen-bond acceptors (Lipinski definition) is 6. The van der Waals surface area contributed by atoms with E-state index in [2.05, 4.69) is 16.3 Å². The highest BCUT2D eigenvalue weighted by molar-refractivity contribution is 7.21. The fourth-order valence-electron chi connectivity index (χ4n) is 3.01. The average molecular weight is 343 g/mol. The molecule has 1 saturated heterocycles. The SMILES string of the molecule is Cc1nnc([C@H]2COCCN2C(=O)c2sc3ccccc3c2C)o1. The molecular formula is C17H17N3O3S. The largest absolute Gasteiger partial charge is 0.423 e. The summed E-state index contributed by atoms with van der Waals surface area (Å²) < 4.78 is 12.2. The molecule has 2 aromatic heterocycles. The first-order chi connectivity index (χ1) is 11.6. The molecule has 0 N–H and O–H groups in total. The van der Waals surface area contributed by atoms with Crippen LogP contribution < -0.4 is 0 Å². The number of carbonyl (C=O) groups excluding carboxylic acids is 1. The standard InChI is InChI=1S/C17H17N3O3S/c1-10-12-5-3-4-6-14(12)24-15(10)17(21)20-7-8-22-9-13(20)16-19-18-11(2)23-16/h3-6,13H,7-9H2,1-2H3/t13-/m1/s1. The molecule has 7 heteroatoms. The van der Waals surface area contributed by atoms with Crippen LogP contribution in [0.15, 0.2) is 28.7 Å². The van der Waals surface area contributed by atoms with Gasteiger partial charge in [0.05, 0.1) is 18.1 Å². The van der Waals surface area contributed by atoms with Crippen LogP contribution in [0.5, 0.6) is 0 Å². The molecule has 124 valence electrons. The molecule has 1 aliphatic rings. The molecule has 0 radical (unpaired) electrons. The van der Waals surface area contributed by atoms with E-state index in [-0.39, 0.29) is 11.9 Å². The fraction of sp³-hybridized carbons (Fsp3) is 0.353. The third kappa shape index (κ3) is 2.50. The highest BCUT2D eigenvalue weighted by Crippen LogP contribution is 2.34. The molecule has 1 fully saturated rings. The van der Waals surface area contributed by atoms with Gasteiger partial charge in [-0.15, -0.1) is 21.5 Å². The van der Waals surface area contributed by atoms with Gasteiger partial charge in [0.1, 0.15) is 6.04 Å². The first kappa shape index (κ1) is 15.3. The topological polar surface area (TPSA) is 68.5 Å². The Morgan fingerprint density at radius 3 is 2.88 bits per heavy atom. The van der Waals surface area contributed by atoms with E-state index in [1.807, 2.05) is 25.1 Å². The second kappa shape index (κ2) is 5.99. The van der Waals surface area contributed by atoms with Gasteiger partial charge >= 0.3 is 0 Å². The lowest BCUT2D eigenvalue weighted by atomic mass is 10.1. The second-order valence-electron chi connectivity index (χ2n) is 5.80. The van der Waals surface area contributed by atoms with Gasteiger partial charge in [-0.3, -0.25) is 4.79 Å². The third-order valence-electron chi connectivity index (χ3n) is 4.25. The molecule has 24 heavy (non-hydrogen) atoms. The number of nitrogens with zero attached hydrogens (tertiary/aromatic N) is 3. The van der Waals surface area contributed by atoms with E-state index in [1.165, 1.54) is 11.3 Å². The van der Waals surface area contributed by atoms with Crippen molar-refractivity contribution in [1.82, 2.24) is 15.1 Å². The second-order valence-corrected chi connectivity index (χ2v) is 6.85. The minimum absolute atomic E-state index is 0.00199. The summed E-state index contributed by atoms with van der Waals surface area (Å²) in [5, 5.41) is 9.08. The molecule has 6 nitrogen and oxygen atoms in total. The first-order valence-electron chi connectivity index (χ1n) is 7.82. The van der Waals surface area contributed by atoms with Gasteiger partial charge in [0, 0.05) is 18.2 Å². The summed E-state index contributed by atoms with van der Waals surface area (Å²) in [4.78, 5) is 15.7. The lowest BCUT2D eigenvalue weighted by Gasteiger charge is -2.33. The fourth-order valence-corrected chi connectivity index (χ4v) is 4.17. The Kier molecular flexibility index (Phi) is 3.82. The van der Waals surface area contributed by atoms with Gasteiger partial charge in [-0.25, -0.2) is 0 Å². The van der Waals surface area contributed by atoms with E-state index >= 15 is 0 Å². The number of aryl methyl sites for hydroxylation is 2. The van der Waals surface area contributed by atoms with E-state index in [1.54, 1.807) is 11.8 Å². The smallest absolute Gasteiger partial charge is 0.265 e. The van der Waals surface area contributed by atoms with Crippen molar-refractivity contribution in [3.8, 4) is 0 Å². The zero-order chi connectivity index (χ0) is 16.7. The third-order valence-corrected chi connectivity index (χ3v) is 5.51. The number of benzene rings is 1. The van der Waals surface area contributed by atoms with Crippen LogP contribution in [0, 0.1) is 13.8 Å². The summed E-state index contributed by atoms with van der Waals surface area (Å²) in [5.74, 6) is 0.915. The minimum atomic E-state index is -0.336. The van der Waals surface area contributed by atoms with Crippen LogP contribution in [0.25, 0.3) is 10.1 Å². The highest BCUT2D eigenvalue weighted by atomic mass is 32.1. The lowest BCUT2D eigenvalue weighted by molar-refractivity contribution is -0.0104. The van der Waals surface area contributed by atoms with Gasteiger partial charge in [-0.2, -0.15) is 0 Å². The monoisotopic (exact) mass is 343 g/mol. The Morgan fingerprint density at radius 1 is 1.29 bits per heavy atom. The molecule has 4 rings (SSSR count). The van der Waals surface area contributed by atoms with Crippen molar-refractivity contribution in [2.75, 3.05) is 19.8 Å². The number of rotatable bonds is 2. The molecule has 3 heterocycles. The van der Waals surface area contributed by atoms with E-state index in [0.29, 0.717) is 31.5 Å². The van der Waals surface area contributed by atoms with Crippen molar-refractivity contribution in [2.24, 2.45) is 0 Å². The van der Waals surface area contributed by atoms with Gasteiger partial charge in [-0.05, 0) is 23.9 Å². The van der Waals surface area contributed by atoms with Crippen LogP contribution in [-0.2, 0) is 4.74 Å². The maximum Gasteiger partial charge on any atom is 0.265 e. The van der Waals surface area contributed by atoms with Crippen molar-refractivity contribution in [1.29, 1.82) is 0 Å². The molecule has 1 amide bonds. The Hall–Kier alpha value is -2.25. The molecule has 0 bridgehead atoms. The quantitative estimate of drug-likeness (QED) is 0.715. The summed E-state index contributed by atoms with van der Waals surface area (Å²) in [6, 6.07) is 7.75. The first-order valence-corrected chi connectivity index (χ1v) is 8.63. The molecule has 1 aromatic carbocycles. The molecular weight excluding hydrogens is 326 g/mol. The van der Waals surface area contributed by atoms with Crippen LogP contribution in [0.1, 0.15) is 33.1 Å². The summed E-state index contributed by atoms with van der Waals surface area (Å²) in [6.07, 6.45) is 0. The molecule has 1 atom stereocenters. The van der Waals surface area contributed by atoms with Crippen molar-refractivity contribution in [3.05, 3.63) is 46.5 Å². The summed E-state index contributed by atoms with van der Waals surface area (Å²) in [5.41, 5.74) is 1.02. The highest BCUT2D eigenvalue weighted by Gasteiger charge is 2.34. The maximum absolute atomic E-state index is 13.2. The number of amides is 1. The minimum Gasteiger partial charge on any atom is -0.423 e. The van der Waals surface area contributed by atoms with E-state index in [9.17, 15) is 4.79 Å². The zero-order valence-electron chi connectivity index (χ0n) is 13.5. The number of carbonyl (C=O) groups is 1. The van der Waals surface area contributed by atoms with Crippen LogP contribution in [0.2, 0.25) is 0 Å². The number of hydrogen-bond donors (Lipinski definition) is 0. The number of ether oxygens (including phenoxy) is 1. The van der Waals surface area contributed by atoms with Gasteiger partial charge in [-0.1, -0.05) is 18.2 Å². The van der Waals surface area contributed by atoms with E-state index in [4.69, 9.17) is 9.15 Å². The van der Waals surface area contributed by atoms with Crippen molar-refractivity contribution in [3.63, 3.8) is 0 Å². The van der Waals surface area contributed by atoms with Gasteiger partial charge in [0.15, 0.2) is 0 Å². The van der Waals surface area contributed by atoms with Gasteiger partial charge < -0.3 is 14.1 Å². The number of aromatic nitrogens is 2. The molecule has 0 spiro atoms. The number of thiophene rings is 1. The summed E-state index contributed by atoms with van der Waals surface area (Å²) in [6.45, 7) is 5.13. The van der Waals surface area contributed by atoms with Crippen LogP contribution in [-0.4, -0.2) is 40.8 Å². The predicted molar refractivity (Wildman–Crippen MR) is 90.2 cm³/mol. The number of fused-ring (bicyclic) bond motifs is 1. The Labute approximate surface area is 143 Å². The predicted octanol–water partition coefficient (Wildman–Crippen LogP) is 3.11. The molecule has 0 saturated carbocycles. The maximum atomic E-state index is 13.2. The van der Waals surface area contributed by atoms with Gasteiger partial charge in [0.2, 0.25) is 11.8 Å². The Balaban J connectivity index is 1.71. The van der Waals surface area contributed by atoms with E-state index in [0.717, 1.165) is 20.5 Å². The Bertz CT molecular complexity index is 902. The zero-order valence-corrected chi connectivity index (χ0v) is 14.3. The Morgan fingerprint density at radius 2 is 2.12 bits per heavy atom. The number of morpholine rings is 1. The molecule has 1 aliphatic heterocycles. The normalized spacial score (nSPS) is 18.2. The molecule has 0 unspecified atom stereocenters. The van der Waals surface area contributed by atoms with Crippen LogP contribution >= 0.6 is 11.3 Å². The van der Waals surface area contributed by atoms with Crippen molar-refractivity contribution >= 4 is 27.3 Å². The summed E-state index contributed by atoms with van der Waals surface area (Å²) in [7, 11) is 0.